The molecule has 1 aromatic carbocycles. The maximum atomic E-state index is 5.96. The third-order valence-corrected chi connectivity index (χ3v) is 2.75. The van der Waals surface area contributed by atoms with Gasteiger partial charge in [0.05, 0.1) is 19.4 Å². The maximum Gasteiger partial charge on any atom is 0.211 e. The summed E-state index contributed by atoms with van der Waals surface area (Å²) in [6.07, 6.45) is 3.57. The van der Waals surface area contributed by atoms with Crippen LogP contribution in [0.3, 0.4) is 0 Å². The van der Waals surface area contributed by atoms with Gasteiger partial charge in [-0.05, 0) is 12.1 Å². The van der Waals surface area contributed by atoms with Crippen LogP contribution in [0.1, 0.15) is 18.4 Å². The van der Waals surface area contributed by atoms with Crippen LogP contribution in [0.25, 0.3) is 0 Å². The van der Waals surface area contributed by atoms with Gasteiger partial charge in [0.15, 0.2) is 0 Å². The summed E-state index contributed by atoms with van der Waals surface area (Å²) in [6, 6.07) is 7.65. The van der Waals surface area contributed by atoms with E-state index in [-0.39, 0.29) is 12.1 Å². The molecule has 0 aromatic heterocycles. The van der Waals surface area contributed by atoms with Gasteiger partial charge in [-0.25, -0.2) is 0 Å². The molecule has 1 aromatic rings. The summed E-state index contributed by atoms with van der Waals surface area (Å²) in [5.41, 5.74) is 11.3. The van der Waals surface area contributed by atoms with Crippen molar-refractivity contribution in [2.45, 2.75) is 18.9 Å². The number of nitrogens with zero attached hydrogens (tertiary/aromatic N) is 2. The van der Waals surface area contributed by atoms with E-state index in [0.717, 1.165) is 37.4 Å². The molecule has 1 heterocycles. The second kappa shape index (κ2) is 6.75. The summed E-state index contributed by atoms with van der Waals surface area (Å²) in [4.78, 5) is 0. The molecule has 0 radical (unpaired) electrons. The molecule has 2 rings (SSSR count). The van der Waals surface area contributed by atoms with Gasteiger partial charge in [-0.15, -0.1) is 5.10 Å². The molecule has 6 nitrogen and oxygen atoms in total. The standard InChI is InChI=1S/C13H18N4O2/c14-13(15)17-16-9-10-3-1-2-4-12(10)19-11-5-7-18-8-6-11/h1-4,9,11H,5-8H2,(H4,14,15,17). The highest BCUT2D eigenvalue weighted by molar-refractivity contribution is 5.84. The van der Waals surface area contributed by atoms with E-state index in [1.807, 2.05) is 24.3 Å². The fourth-order valence-corrected chi connectivity index (χ4v) is 1.83. The van der Waals surface area contributed by atoms with Gasteiger partial charge in [-0.1, -0.05) is 12.1 Å². The van der Waals surface area contributed by atoms with Crippen LogP contribution in [0.15, 0.2) is 34.5 Å². The van der Waals surface area contributed by atoms with Gasteiger partial charge in [-0.2, -0.15) is 5.10 Å². The summed E-state index contributed by atoms with van der Waals surface area (Å²) in [5.74, 6) is 0.711. The van der Waals surface area contributed by atoms with E-state index in [0.29, 0.717) is 0 Å². The van der Waals surface area contributed by atoms with E-state index in [9.17, 15) is 0 Å². The zero-order valence-corrected chi connectivity index (χ0v) is 10.7. The molecule has 1 aliphatic rings. The molecule has 1 saturated heterocycles. The van der Waals surface area contributed by atoms with E-state index in [1.165, 1.54) is 0 Å². The minimum Gasteiger partial charge on any atom is -0.490 e. The van der Waals surface area contributed by atoms with E-state index < -0.39 is 0 Å². The lowest BCUT2D eigenvalue weighted by atomic mass is 10.1. The van der Waals surface area contributed by atoms with Gasteiger partial charge < -0.3 is 20.9 Å². The fourth-order valence-electron chi connectivity index (χ4n) is 1.83. The normalized spacial score (nSPS) is 16.4. The first-order valence-corrected chi connectivity index (χ1v) is 6.21. The number of para-hydroxylation sites is 1. The number of guanidine groups is 1. The van der Waals surface area contributed by atoms with Crippen molar-refractivity contribution >= 4 is 12.2 Å². The van der Waals surface area contributed by atoms with Crippen LogP contribution < -0.4 is 16.2 Å². The van der Waals surface area contributed by atoms with Crippen LogP contribution in [-0.4, -0.2) is 31.5 Å². The Hall–Kier alpha value is -2.08. The number of hydrogen-bond donors (Lipinski definition) is 2. The molecule has 0 unspecified atom stereocenters. The van der Waals surface area contributed by atoms with Crippen molar-refractivity contribution < 1.29 is 9.47 Å². The molecule has 6 heteroatoms. The molecular formula is C13H18N4O2. The highest BCUT2D eigenvalue weighted by atomic mass is 16.5. The van der Waals surface area contributed by atoms with Crippen LogP contribution in [0.4, 0.5) is 0 Å². The topological polar surface area (TPSA) is 95.2 Å². The van der Waals surface area contributed by atoms with Gasteiger partial charge in [0.1, 0.15) is 11.9 Å². The van der Waals surface area contributed by atoms with E-state index in [4.69, 9.17) is 20.9 Å². The van der Waals surface area contributed by atoms with E-state index in [2.05, 4.69) is 10.2 Å². The lowest BCUT2D eigenvalue weighted by Crippen LogP contribution is -2.26. The second-order valence-electron chi connectivity index (χ2n) is 4.24. The number of rotatable bonds is 4. The number of nitrogens with two attached hydrogens (primary N) is 2. The van der Waals surface area contributed by atoms with Crippen molar-refractivity contribution in [2.24, 2.45) is 21.7 Å². The third kappa shape index (κ3) is 4.26. The van der Waals surface area contributed by atoms with Crippen LogP contribution in [0, 0.1) is 0 Å². The van der Waals surface area contributed by atoms with Crippen LogP contribution in [0.5, 0.6) is 5.75 Å². The zero-order chi connectivity index (χ0) is 13.5. The molecule has 1 aliphatic heterocycles. The second-order valence-corrected chi connectivity index (χ2v) is 4.24. The summed E-state index contributed by atoms with van der Waals surface area (Å²) in [7, 11) is 0. The van der Waals surface area contributed by atoms with Crippen molar-refractivity contribution in [3.8, 4) is 5.75 Å². The highest BCUT2D eigenvalue weighted by Gasteiger charge is 2.16. The van der Waals surface area contributed by atoms with Crippen LogP contribution in [-0.2, 0) is 4.74 Å². The van der Waals surface area contributed by atoms with Crippen molar-refractivity contribution in [2.75, 3.05) is 13.2 Å². The lowest BCUT2D eigenvalue weighted by Gasteiger charge is -2.24. The molecule has 102 valence electrons. The predicted octanol–water partition coefficient (Wildman–Crippen LogP) is 0.852. The molecule has 4 N–H and O–H groups in total. The average Bonchev–Trinajstić information content (AvgIpc) is 2.41. The summed E-state index contributed by atoms with van der Waals surface area (Å²) >= 11 is 0. The van der Waals surface area contributed by atoms with Gasteiger partial charge >= 0.3 is 0 Å². The van der Waals surface area contributed by atoms with Crippen LogP contribution in [0.2, 0.25) is 0 Å². The quantitative estimate of drug-likeness (QED) is 0.478. The van der Waals surface area contributed by atoms with Crippen molar-refractivity contribution in [3.63, 3.8) is 0 Å². The predicted molar refractivity (Wildman–Crippen MR) is 74.3 cm³/mol. The minimum absolute atomic E-state index is 0.0703. The van der Waals surface area contributed by atoms with E-state index >= 15 is 0 Å². The molecule has 1 fully saturated rings. The van der Waals surface area contributed by atoms with Crippen molar-refractivity contribution in [3.05, 3.63) is 29.8 Å². The summed E-state index contributed by atoms with van der Waals surface area (Å²) < 4.78 is 11.3. The molecule has 0 amide bonds. The molecule has 19 heavy (non-hydrogen) atoms. The van der Waals surface area contributed by atoms with Crippen LogP contribution >= 0.6 is 0 Å². The Bertz CT molecular complexity index is 463. The molecule has 0 saturated carbocycles. The Balaban J connectivity index is 2.07. The first kappa shape index (κ1) is 13.4. The van der Waals surface area contributed by atoms with Gasteiger partial charge in [0, 0.05) is 18.4 Å². The largest absolute Gasteiger partial charge is 0.490 e. The average molecular weight is 262 g/mol. The Kier molecular flexibility index (Phi) is 4.74. The lowest BCUT2D eigenvalue weighted by molar-refractivity contribution is 0.0255. The first-order valence-electron chi connectivity index (χ1n) is 6.21. The molecule has 0 atom stereocenters. The summed E-state index contributed by atoms with van der Waals surface area (Å²) in [5, 5.41) is 7.38. The Morgan fingerprint density at radius 3 is 2.74 bits per heavy atom. The van der Waals surface area contributed by atoms with Crippen molar-refractivity contribution in [1.82, 2.24) is 0 Å². The monoisotopic (exact) mass is 262 g/mol. The Morgan fingerprint density at radius 1 is 1.26 bits per heavy atom. The molecular weight excluding hydrogens is 244 g/mol. The number of ether oxygens (including phenoxy) is 2. The molecule has 0 spiro atoms. The first-order chi connectivity index (χ1) is 9.25. The SMILES string of the molecule is NC(N)=NN=Cc1ccccc1OC1CCOCC1. The van der Waals surface area contributed by atoms with Gasteiger partial charge in [0.25, 0.3) is 0 Å². The van der Waals surface area contributed by atoms with Gasteiger partial charge in [-0.3, -0.25) is 0 Å². The summed E-state index contributed by atoms with van der Waals surface area (Å²) in [6.45, 7) is 1.49. The van der Waals surface area contributed by atoms with Gasteiger partial charge in [0.2, 0.25) is 5.96 Å². The maximum absolute atomic E-state index is 5.96. The minimum atomic E-state index is -0.0703. The smallest absolute Gasteiger partial charge is 0.211 e. The zero-order valence-electron chi connectivity index (χ0n) is 10.7. The highest BCUT2D eigenvalue weighted by Crippen LogP contribution is 2.21. The van der Waals surface area contributed by atoms with Crippen molar-refractivity contribution in [1.29, 1.82) is 0 Å². The number of hydrogen-bond acceptors (Lipinski definition) is 4. The fraction of sp³-hybridized carbons (Fsp3) is 0.385. The Morgan fingerprint density at radius 2 is 2.00 bits per heavy atom. The number of benzene rings is 1. The molecule has 0 bridgehead atoms. The van der Waals surface area contributed by atoms with E-state index in [1.54, 1.807) is 6.21 Å². The molecule has 0 aliphatic carbocycles. The Labute approximate surface area is 112 Å². The third-order valence-electron chi connectivity index (χ3n) is 2.75.